The van der Waals surface area contributed by atoms with Crippen molar-refractivity contribution in [2.45, 2.75) is 59.8 Å². The molecule has 0 aromatic carbocycles. The zero-order valence-electron chi connectivity index (χ0n) is 9.90. The summed E-state index contributed by atoms with van der Waals surface area (Å²) in [6, 6.07) is 0. The summed E-state index contributed by atoms with van der Waals surface area (Å²) < 4.78 is 0. The second-order valence-electron chi connectivity index (χ2n) is 4.75. The third kappa shape index (κ3) is 8.08. The lowest BCUT2D eigenvalue weighted by atomic mass is 9.90. The molecule has 0 fully saturated rings. The van der Waals surface area contributed by atoms with Gasteiger partial charge in [-0.05, 0) is 31.6 Å². The molecular formula is C13H26. The Labute approximate surface area is 84.4 Å². The molecule has 2 atom stereocenters. The molecule has 0 bridgehead atoms. The van der Waals surface area contributed by atoms with Crippen molar-refractivity contribution in [3.63, 3.8) is 0 Å². The maximum absolute atomic E-state index is 3.96. The van der Waals surface area contributed by atoms with Crippen molar-refractivity contribution in [3.05, 3.63) is 12.2 Å². The Bertz CT molecular complexity index is 135. The lowest BCUT2D eigenvalue weighted by Gasteiger charge is -2.16. The number of allylic oxidation sites excluding steroid dienone is 1. The van der Waals surface area contributed by atoms with E-state index < -0.39 is 0 Å². The highest BCUT2D eigenvalue weighted by Crippen LogP contribution is 2.21. The van der Waals surface area contributed by atoms with Gasteiger partial charge in [0.2, 0.25) is 0 Å². The van der Waals surface area contributed by atoms with E-state index >= 15 is 0 Å². The first-order valence-electron chi connectivity index (χ1n) is 5.70. The Morgan fingerprint density at radius 3 is 2.31 bits per heavy atom. The summed E-state index contributed by atoms with van der Waals surface area (Å²) in [5, 5.41) is 0. The van der Waals surface area contributed by atoms with E-state index in [9.17, 15) is 0 Å². The van der Waals surface area contributed by atoms with Crippen LogP contribution in [0.3, 0.4) is 0 Å². The summed E-state index contributed by atoms with van der Waals surface area (Å²) in [6.07, 6.45) is 6.69. The Morgan fingerprint density at radius 1 is 1.23 bits per heavy atom. The van der Waals surface area contributed by atoms with Gasteiger partial charge in [-0.25, -0.2) is 0 Å². The molecule has 0 spiro atoms. The maximum atomic E-state index is 3.96. The van der Waals surface area contributed by atoms with Gasteiger partial charge in [0.05, 0.1) is 0 Å². The molecule has 0 aliphatic heterocycles. The van der Waals surface area contributed by atoms with Crippen LogP contribution >= 0.6 is 0 Å². The van der Waals surface area contributed by atoms with Crippen LogP contribution in [0.15, 0.2) is 12.2 Å². The van der Waals surface area contributed by atoms with Gasteiger partial charge in [-0.15, -0.1) is 6.58 Å². The van der Waals surface area contributed by atoms with Crippen molar-refractivity contribution in [1.29, 1.82) is 0 Å². The highest BCUT2D eigenvalue weighted by Gasteiger charge is 2.08. The minimum atomic E-state index is 0.823. The third-order valence-electron chi connectivity index (χ3n) is 2.55. The Hall–Kier alpha value is -0.260. The van der Waals surface area contributed by atoms with Gasteiger partial charge in [0.1, 0.15) is 0 Å². The molecule has 0 heteroatoms. The fraction of sp³-hybridized carbons (Fsp3) is 0.846. The molecule has 13 heavy (non-hydrogen) atoms. The van der Waals surface area contributed by atoms with Crippen LogP contribution in [-0.2, 0) is 0 Å². The summed E-state index contributed by atoms with van der Waals surface area (Å²) >= 11 is 0. The largest absolute Gasteiger partial charge is 0.100 e. The quantitative estimate of drug-likeness (QED) is 0.496. The van der Waals surface area contributed by atoms with Crippen LogP contribution in [-0.4, -0.2) is 0 Å². The molecule has 0 aromatic heterocycles. The topological polar surface area (TPSA) is 0 Å². The molecule has 0 aromatic rings. The van der Waals surface area contributed by atoms with Gasteiger partial charge in [0, 0.05) is 0 Å². The molecule has 0 N–H and O–H groups in total. The predicted octanol–water partition coefficient (Wildman–Crippen LogP) is 4.81. The van der Waals surface area contributed by atoms with Crippen LogP contribution in [0, 0.1) is 11.8 Å². The van der Waals surface area contributed by atoms with Gasteiger partial charge in [-0.2, -0.15) is 0 Å². The summed E-state index contributed by atoms with van der Waals surface area (Å²) in [5.74, 6) is 1.72. The molecule has 2 unspecified atom stereocenters. The predicted molar refractivity (Wildman–Crippen MR) is 61.9 cm³/mol. The van der Waals surface area contributed by atoms with Crippen molar-refractivity contribution in [2.24, 2.45) is 11.8 Å². The average Bonchev–Trinajstić information content (AvgIpc) is 1.98. The normalized spacial score (nSPS) is 15.4. The minimum Gasteiger partial charge on any atom is -0.100 e. The van der Waals surface area contributed by atoms with Crippen molar-refractivity contribution in [3.8, 4) is 0 Å². The Morgan fingerprint density at radius 2 is 1.85 bits per heavy atom. The third-order valence-corrected chi connectivity index (χ3v) is 2.55. The molecule has 0 saturated carbocycles. The van der Waals surface area contributed by atoms with Gasteiger partial charge in [-0.1, -0.05) is 45.6 Å². The molecule has 0 saturated heterocycles. The van der Waals surface area contributed by atoms with E-state index in [1.165, 1.54) is 37.7 Å². The molecular weight excluding hydrogens is 156 g/mol. The van der Waals surface area contributed by atoms with E-state index in [2.05, 4.69) is 34.3 Å². The standard InChI is InChI=1S/C13H26/c1-6-7-8-12(4)10-13(5)9-11(2)3/h12-13H,2,6-10H2,1,3-5H3. The van der Waals surface area contributed by atoms with Gasteiger partial charge in [-0.3, -0.25) is 0 Å². The second kappa shape index (κ2) is 7.17. The van der Waals surface area contributed by atoms with Crippen LogP contribution in [0.5, 0.6) is 0 Å². The highest BCUT2D eigenvalue weighted by atomic mass is 14.1. The first-order chi connectivity index (χ1) is 6.06. The van der Waals surface area contributed by atoms with Crippen LogP contribution in [0.25, 0.3) is 0 Å². The van der Waals surface area contributed by atoms with Gasteiger partial charge in [0.25, 0.3) is 0 Å². The summed E-state index contributed by atoms with van der Waals surface area (Å²) in [4.78, 5) is 0. The van der Waals surface area contributed by atoms with E-state index in [-0.39, 0.29) is 0 Å². The van der Waals surface area contributed by atoms with Crippen LogP contribution in [0.1, 0.15) is 59.8 Å². The van der Waals surface area contributed by atoms with Crippen LogP contribution in [0.4, 0.5) is 0 Å². The Kier molecular flexibility index (Phi) is 7.03. The summed E-state index contributed by atoms with van der Waals surface area (Å²) in [6.45, 7) is 13.1. The lowest BCUT2D eigenvalue weighted by molar-refractivity contribution is 0.384. The SMILES string of the molecule is C=C(C)CC(C)CC(C)CCCC. The molecule has 0 amide bonds. The van der Waals surface area contributed by atoms with E-state index in [4.69, 9.17) is 0 Å². The number of rotatable bonds is 7. The molecule has 78 valence electrons. The fourth-order valence-electron chi connectivity index (χ4n) is 2.04. The van der Waals surface area contributed by atoms with Crippen molar-refractivity contribution >= 4 is 0 Å². The second-order valence-corrected chi connectivity index (χ2v) is 4.75. The monoisotopic (exact) mass is 182 g/mol. The molecule has 0 heterocycles. The maximum Gasteiger partial charge on any atom is -0.0300 e. The highest BCUT2D eigenvalue weighted by molar-refractivity contribution is 4.89. The van der Waals surface area contributed by atoms with E-state index in [1.54, 1.807) is 0 Å². The smallest absolute Gasteiger partial charge is 0.0300 e. The molecule has 0 aliphatic rings. The molecule has 0 rings (SSSR count). The van der Waals surface area contributed by atoms with Crippen molar-refractivity contribution in [1.82, 2.24) is 0 Å². The van der Waals surface area contributed by atoms with Gasteiger partial charge < -0.3 is 0 Å². The number of hydrogen-bond acceptors (Lipinski definition) is 0. The average molecular weight is 182 g/mol. The first-order valence-corrected chi connectivity index (χ1v) is 5.70. The van der Waals surface area contributed by atoms with Gasteiger partial charge in [0.15, 0.2) is 0 Å². The zero-order valence-corrected chi connectivity index (χ0v) is 9.90. The van der Waals surface area contributed by atoms with E-state index in [1.807, 2.05) is 0 Å². The van der Waals surface area contributed by atoms with Gasteiger partial charge >= 0.3 is 0 Å². The summed E-state index contributed by atoms with van der Waals surface area (Å²) in [7, 11) is 0. The van der Waals surface area contributed by atoms with E-state index in [0.717, 1.165) is 11.8 Å². The molecule has 0 aliphatic carbocycles. The number of hydrogen-bond donors (Lipinski definition) is 0. The van der Waals surface area contributed by atoms with Crippen LogP contribution in [0.2, 0.25) is 0 Å². The van der Waals surface area contributed by atoms with Crippen molar-refractivity contribution in [2.75, 3.05) is 0 Å². The number of unbranched alkanes of at least 4 members (excludes halogenated alkanes) is 1. The van der Waals surface area contributed by atoms with Crippen LogP contribution < -0.4 is 0 Å². The lowest BCUT2D eigenvalue weighted by Crippen LogP contribution is -2.03. The molecule has 0 nitrogen and oxygen atoms in total. The minimum absolute atomic E-state index is 0.823. The Balaban J connectivity index is 3.52. The fourth-order valence-corrected chi connectivity index (χ4v) is 2.04. The van der Waals surface area contributed by atoms with Crippen molar-refractivity contribution < 1.29 is 0 Å². The zero-order chi connectivity index (χ0) is 10.3. The van der Waals surface area contributed by atoms with E-state index in [0.29, 0.717) is 0 Å². The summed E-state index contributed by atoms with van der Waals surface area (Å²) in [5.41, 5.74) is 1.33. The molecule has 0 radical (unpaired) electrons. The first kappa shape index (κ1) is 12.7.